The predicted molar refractivity (Wildman–Crippen MR) is 418 cm³/mol. The van der Waals surface area contributed by atoms with Crippen LogP contribution in [0.15, 0.2) is 146 Å². The van der Waals surface area contributed by atoms with E-state index in [4.69, 9.17) is 33.6 Å². The number of phenols is 1. The van der Waals surface area contributed by atoms with E-state index in [0.717, 1.165) is 23.1 Å². The molecule has 1 saturated heterocycles. The van der Waals surface area contributed by atoms with Crippen LogP contribution in [0.5, 0.6) is 5.75 Å². The smallest absolute Gasteiger partial charge is 0.490 e. The maximum Gasteiger partial charge on any atom is 0.490 e. The Morgan fingerprint density at radius 1 is 0.687 bits per heavy atom. The van der Waals surface area contributed by atoms with Crippen molar-refractivity contribution in [3.8, 4) is 74.3 Å². The summed E-state index contributed by atoms with van der Waals surface area (Å²) in [5, 5.41) is 47.9. The third kappa shape index (κ3) is 19.7. The summed E-state index contributed by atoms with van der Waals surface area (Å²) in [6.07, 6.45) is -0.446. The number of nitrogens with two attached hydrogens (primary N) is 1. The number of aryl methyl sites for hydroxylation is 2. The number of rotatable bonds is 28. The van der Waals surface area contributed by atoms with Gasteiger partial charge in [0, 0.05) is 119 Å². The average molecular weight is 1630 g/mol. The van der Waals surface area contributed by atoms with E-state index in [2.05, 4.69) is 78.8 Å². The van der Waals surface area contributed by atoms with E-state index in [1.54, 1.807) is 36.4 Å². The molecule has 3 aliphatic heterocycles. The summed E-state index contributed by atoms with van der Waals surface area (Å²) in [6.45, 7) is 8.61. The van der Waals surface area contributed by atoms with Gasteiger partial charge in [-0.1, -0.05) is 48.4 Å². The van der Waals surface area contributed by atoms with Gasteiger partial charge in [-0.25, -0.2) is 38.2 Å². The van der Waals surface area contributed by atoms with Crippen LogP contribution in [0, 0.1) is 37.5 Å². The summed E-state index contributed by atoms with van der Waals surface area (Å²) >= 11 is 0. The molecule has 2 aliphatic carbocycles. The lowest BCUT2D eigenvalue weighted by Gasteiger charge is -2.21. The van der Waals surface area contributed by atoms with Crippen molar-refractivity contribution in [2.45, 2.75) is 91.2 Å². The number of phosphoric acid groups is 3. The van der Waals surface area contributed by atoms with Crippen molar-refractivity contribution < 1.29 is 104 Å². The largest absolute Gasteiger partial charge is 0.508 e. The number of nitrogens with one attached hydrogen (secondary N) is 5. The van der Waals surface area contributed by atoms with E-state index in [9.17, 15) is 72.4 Å². The highest BCUT2D eigenvalue weighted by Crippen LogP contribution is 2.67. The maximum atomic E-state index is 14.6. The summed E-state index contributed by atoms with van der Waals surface area (Å²) < 4.78 is 67.6. The first-order valence-electron chi connectivity index (χ1n) is 35.7. The highest BCUT2D eigenvalue weighted by molar-refractivity contribution is 7.66. The van der Waals surface area contributed by atoms with Crippen LogP contribution in [0.25, 0.3) is 78.0 Å². The molecule has 115 heavy (non-hydrogen) atoms. The second-order valence-electron chi connectivity index (χ2n) is 26.3. The fraction of sp³-hybridized carbons (Fsp3) is 0.244. The number of fused-ring (bicyclic) bond motifs is 5. The number of carboxylic acid groups (broad SMARTS) is 2. The molecule has 4 amide bonds. The number of ether oxygens (including phenoxy) is 1. The summed E-state index contributed by atoms with van der Waals surface area (Å²) in [7, 11) is -17.0. The zero-order valence-electron chi connectivity index (χ0n) is 61.7. The molecule has 0 spiro atoms. The number of carboxylic acids is 2. The third-order valence-corrected chi connectivity index (χ3v) is 22.1. The van der Waals surface area contributed by atoms with Crippen LogP contribution in [0.1, 0.15) is 128 Å². The second kappa shape index (κ2) is 35.0. The number of aromatic nitrogens is 4. The minimum atomic E-state index is -5.82. The number of aromatic carboxylic acids is 2. The predicted octanol–water partition coefficient (Wildman–Crippen LogP) is 9.82. The Balaban J connectivity index is 0.716. The summed E-state index contributed by atoms with van der Waals surface area (Å²) in [6, 6.07) is 29.9. The molecule has 3 unspecified atom stereocenters. The SMILES string of the molecule is CCN=c1cc2oc3cc(NCC)c(C)cc3c(-c3ccc(C(=O)NC(Cc4ccc(C#CCNC(=O)c5ccc(-c6c7ccc(=O)cc-7oc7cc(O)ccc67)c(C(=O)O)c5)cc4)C(=O)NCCCCCC(=O)NCC#Cc4nc5c(N)ncnc5n4[C@H]4CC[C@@H](OP(=O)(O)OP(=O)(O)OP(=O)(O)O)O4)cc3C(=O)O)c-2cc1C. The number of nitrogens with zero attached hydrogens (tertiary/aromatic N) is 5. The van der Waals surface area contributed by atoms with Crippen LogP contribution >= 0.6 is 23.5 Å². The third-order valence-electron chi connectivity index (χ3n) is 18.3. The van der Waals surface area contributed by atoms with Crippen LogP contribution < -0.4 is 43.1 Å². The fourth-order valence-electron chi connectivity index (χ4n) is 13.2. The van der Waals surface area contributed by atoms with Crippen molar-refractivity contribution in [3.05, 3.63) is 194 Å². The van der Waals surface area contributed by atoms with E-state index in [1.807, 2.05) is 52.0 Å². The number of hydrogen-bond donors (Lipinski definition) is 13. The number of carbonyl (C=O) groups excluding carboxylic acids is 4. The molecule has 34 nitrogen and oxygen atoms in total. The van der Waals surface area contributed by atoms with E-state index < -0.39 is 71.7 Å². The Kier molecular flexibility index (Phi) is 25.0. The molecule has 5 atom stereocenters. The Labute approximate surface area is 653 Å². The number of phosphoric ester groups is 1. The average Bonchev–Trinajstić information content (AvgIpc) is 1.52. The van der Waals surface area contributed by atoms with Crippen molar-refractivity contribution >= 4 is 104 Å². The van der Waals surface area contributed by atoms with Gasteiger partial charge >= 0.3 is 35.4 Å². The molecule has 5 aliphatic rings. The van der Waals surface area contributed by atoms with E-state index in [0.29, 0.717) is 98.8 Å². The molecule has 5 aromatic carbocycles. The molecule has 5 heterocycles. The second-order valence-corrected chi connectivity index (χ2v) is 30.7. The monoisotopic (exact) mass is 1630 g/mol. The minimum Gasteiger partial charge on any atom is -0.508 e. The lowest BCUT2D eigenvalue weighted by molar-refractivity contribution is -0.123. The standard InChI is InChI=1S/C78H74N11O23P3/c1-5-80-58-39-63-56(32-42(58)3)70(57-33-43(4)59(81-6-2)40-64(57)108-63)51-24-20-47(36-55(51)78(98)99)75(94)87-60(34-45-17-15-44(16-18-45)12-10-31-83-74(93)46-19-23-50(54(35-46)77(96)97)69-52-25-21-48(90)37-61(52)107-62-38-49(91)22-26-53(62)69)76(95)84-29-9-7-8-14-66(92)82-30-11-13-65-88-71-72(79)85-41-86-73(71)89(65)67-27-28-68(109-67)110-114(103,104)112-115(105,106)111-113(100,101)102/h15-26,32-33,35-41,60,67-68,80,90H,5-9,14,27-31,34H2,1-4H3,(H,82,92)(H,83,93)(H,84,95)(H,87,94)(H,96,97)(H,98,99)(H,103,104)(H,105,106)(H2,79,85,86)(H2,100,101,102)/t60?,67-,68-/m1/s1. The van der Waals surface area contributed by atoms with Crippen LogP contribution in [-0.2, 0) is 47.6 Å². The van der Waals surface area contributed by atoms with E-state index in [-0.39, 0.29) is 124 Å². The van der Waals surface area contributed by atoms with Gasteiger partial charge in [0.2, 0.25) is 11.8 Å². The highest BCUT2D eigenvalue weighted by Gasteiger charge is 2.44. The first-order valence-corrected chi connectivity index (χ1v) is 40.2. The molecule has 594 valence electrons. The van der Waals surface area contributed by atoms with Crippen LogP contribution in [-0.4, -0.2) is 135 Å². The molecular weight excluding hydrogens is 1550 g/mol. The van der Waals surface area contributed by atoms with Crippen molar-refractivity contribution in [3.63, 3.8) is 0 Å². The van der Waals surface area contributed by atoms with Gasteiger partial charge in [0.1, 0.15) is 47.0 Å². The first-order chi connectivity index (χ1) is 54.8. The molecule has 7 aromatic rings. The molecular formula is C78H74N11O23P3. The van der Waals surface area contributed by atoms with E-state index in [1.165, 1.54) is 65.2 Å². The summed E-state index contributed by atoms with van der Waals surface area (Å²) in [5.41, 5.74) is 12.2. The number of nitrogen functional groups attached to an aromatic ring is 1. The topological polar surface area (TPSA) is 518 Å². The van der Waals surface area contributed by atoms with Gasteiger partial charge in [-0.05, 0) is 153 Å². The number of imidazole rings is 1. The summed E-state index contributed by atoms with van der Waals surface area (Å²) in [4.78, 5) is 149. The fourth-order valence-corrected chi connectivity index (χ4v) is 16.3. The Bertz CT molecular complexity index is 6080. The van der Waals surface area contributed by atoms with Crippen molar-refractivity contribution in [2.24, 2.45) is 4.99 Å². The number of amides is 4. The normalized spacial score (nSPS) is 14.9. The zero-order valence-corrected chi connectivity index (χ0v) is 64.3. The molecule has 0 bridgehead atoms. The molecule has 14 N–H and O–H groups in total. The van der Waals surface area contributed by atoms with E-state index >= 15 is 0 Å². The van der Waals surface area contributed by atoms with Crippen LogP contribution in [0.3, 0.4) is 0 Å². The number of carbonyl (C=O) groups is 6. The van der Waals surface area contributed by atoms with Gasteiger partial charge in [0.25, 0.3) is 11.8 Å². The van der Waals surface area contributed by atoms with Crippen molar-refractivity contribution in [1.82, 2.24) is 40.8 Å². The lowest BCUT2D eigenvalue weighted by atomic mass is 9.88. The van der Waals surface area contributed by atoms with Gasteiger partial charge in [-0.15, -0.1) is 0 Å². The number of phenolic OH excluding ortho intramolecular Hbond substituents is 1. The quantitative estimate of drug-likeness (QED) is 0.00938. The molecule has 12 rings (SSSR count). The molecule has 0 saturated carbocycles. The van der Waals surface area contributed by atoms with Gasteiger partial charge in [0.15, 0.2) is 34.5 Å². The van der Waals surface area contributed by atoms with Crippen LogP contribution in [0.2, 0.25) is 0 Å². The highest BCUT2D eigenvalue weighted by atomic mass is 31.3. The maximum absolute atomic E-state index is 14.6. The minimum absolute atomic E-state index is 0.000625. The van der Waals surface area contributed by atoms with Gasteiger partial charge in [-0.3, -0.25) is 38.1 Å². The zero-order chi connectivity index (χ0) is 82.2. The Morgan fingerprint density at radius 3 is 2.05 bits per heavy atom. The number of anilines is 2. The van der Waals surface area contributed by atoms with Crippen molar-refractivity contribution in [2.75, 3.05) is 43.8 Å². The van der Waals surface area contributed by atoms with Crippen molar-refractivity contribution in [1.29, 1.82) is 0 Å². The molecule has 37 heteroatoms. The Hall–Kier alpha value is -12.3. The lowest BCUT2D eigenvalue weighted by Crippen LogP contribution is -2.48. The number of hydrogen-bond acceptors (Lipinski definition) is 23. The first kappa shape index (κ1) is 82.2. The van der Waals surface area contributed by atoms with Crippen LogP contribution in [0.4, 0.5) is 11.5 Å². The molecule has 2 aromatic heterocycles. The number of unbranched alkanes of at least 4 members (excludes halogenated alkanes) is 2. The number of benzene rings is 7. The number of aromatic hydroxyl groups is 1. The molecule has 0 radical (unpaired) electrons. The van der Waals surface area contributed by atoms with Gasteiger partial charge < -0.3 is 80.8 Å². The van der Waals surface area contributed by atoms with Gasteiger partial charge in [-0.2, -0.15) is 8.62 Å². The molecule has 1 fully saturated rings. The summed E-state index contributed by atoms with van der Waals surface area (Å²) in [5.74, 6) is 6.87. The van der Waals surface area contributed by atoms with Gasteiger partial charge in [0.05, 0.1) is 29.6 Å². The Morgan fingerprint density at radius 2 is 1.36 bits per heavy atom.